The van der Waals surface area contributed by atoms with Crippen LogP contribution in [0.25, 0.3) is 11.1 Å². The van der Waals surface area contributed by atoms with E-state index < -0.39 is 28.0 Å². The number of sulfone groups is 1. The molecule has 0 spiro atoms. The number of hydrogen-bond acceptors (Lipinski definition) is 9. The molecule has 43 heavy (non-hydrogen) atoms. The normalized spacial score (nSPS) is 19.3. The highest BCUT2D eigenvalue weighted by molar-refractivity contribution is 7.91. The fourth-order valence-corrected chi connectivity index (χ4v) is 7.60. The van der Waals surface area contributed by atoms with Crippen molar-refractivity contribution in [1.82, 2.24) is 10.6 Å². The largest absolute Gasteiger partial charge is 0.493 e. The van der Waals surface area contributed by atoms with Crippen LogP contribution in [0.15, 0.2) is 29.1 Å². The minimum Gasteiger partial charge on any atom is -0.493 e. The zero-order chi connectivity index (χ0) is 31.5. The number of fused-ring (bicyclic) bond motifs is 3. The highest BCUT2D eigenvalue weighted by Crippen LogP contribution is 2.50. The minimum atomic E-state index is -3.17. The topological polar surface area (TPSA) is 149 Å². The summed E-state index contributed by atoms with van der Waals surface area (Å²) in [5.41, 5.74) is 2.76. The molecule has 11 nitrogen and oxygen atoms in total. The van der Waals surface area contributed by atoms with Crippen molar-refractivity contribution in [1.29, 1.82) is 0 Å². The van der Waals surface area contributed by atoms with E-state index in [9.17, 15) is 22.8 Å². The standard InChI is InChI=1S/C31H41N3O8S/c1-17(2)13-25(31(37)33-20-11-12-43(38,39)16-20)34-24-10-8-21-22(15-26(24)36)23(32-18(3)35)9-7-19-14-27(40-4)29(41-5)30(42-6)28(19)21/h8,10,14-15,17,20,23,25H,7,9,11-13,16H2,1-6H3,(H,32,35)(H,33,37)(H,34,36). The van der Waals surface area contributed by atoms with Gasteiger partial charge >= 0.3 is 0 Å². The fraction of sp³-hybridized carbons (Fsp3) is 0.516. The highest BCUT2D eigenvalue weighted by atomic mass is 32.2. The summed E-state index contributed by atoms with van der Waals surface area (Å²) in [6, 6.07) is 5.12. The summed E-state index contributed by atoms with van der Waals surface area (Å²) in [6.45, 7) is 5.37. The minimum absolute atomic E-state index is 0.0437. The van der Waals surface area contributed by atoms with E-state index in [1.165, 1.54) is 27.2 Å². The average Bonchev–Trinajstić information content (AvgIpc) is 3.11. The van der Waals surface area contributed by atoms with Crippen molar-refractivity contribution >= 4 is 27.3 Å². The van der Waals surface area contributed by atoms with E-state index in [4.69, 9.17) is 14.2 Å². The summed E-state index contributed by atoms with van der Waals surface area (Å²) >= 11 is 0. The molecule has 0 bridgehead atoms. The Labute approximate surface area is 252 Å². The molecule has 3 atom stereocenters. The lowest BCUT2D eigenvalue weighted by Crippen LogP contribution is -2.46. The maximum atomic E-state index is 13.7. The van der Waals surface area contributed by atoms with Gasteiger partial charge < -0.3 is 30.2 Å². The molecule has 1 aliphatic carbocycles. The van der Waals surface area contributed by atoms with Crippen LogP contribution in [-0.2, 0) is 25.8 Å². The molecule has 12 heteroatoms. The molecular formula is C31H41N3O8S. The van der Waals surface area contributed by atoms with Crippen LogP contribution < -0.4 is 35.6 Å². The van der Waals surface area contributed by atoms with E-state index in [0.717, 1.165) is 11.1 Å². The van der Waals surface area contributed by atoms with Gasteiger partial charge in [0, 0.05) is 18.5 Å². The lowest BCUT2D eigenvalue weighted by molar-refractivity contribution is -0.122. The number of aryl methyl sites for hydroxylation is 1. The lowest BCUT2D eigenvalue weighted by Gasteiger charge is -2.22. The van der Waals surface area contributed by atoms with Crippen LogP contribution in [0.3, 0.4) is 0 Å². The molecule has 234 valence electrons. The molecule has 3 N–H and O–H groups in total. The van der Waals surface area contributed by atoms with Crippen molar-refractivity contribution in [3.8, 4) is 28.4 Å². The zero-order valence-corrected chi connectivity index (χ0v) is 26.4. The lowest BCUT2D eigenvalue weighted by atomic mass is 9.95. The number of carbonyl (C=O) groups excluding carboxylic acids is 2. The van der Waals surface area contributed by atoms with Gasteiger partial charge in [0.25, 0.3) is 0 Å². The number of amides is 2. The van der Waals surface area contributed by atoms with Gasteiger partial charge in [-0.05, 0) is 66.5 Å². The van der Waals surface area contributed by atoms with Gasteiger partial charge in [0.2, 0.25) is 23.0 Å². The van der Waals surface area contributed by atoms with Gasteiger partial charge in [-0.25, -0.2) is 8.42 Å². The van der Waals surface area contributed by atoms with Gasteiger partial charge in [0.1, 0.15) is 6.04 Å². The predicted octanol–water partition coefficient (Wildman–Crippen LogP) is 2.99. The van der Waals surface area contributed by atoms with E-state index in [1.807, 2.05) is 19.9 Å². The third-order valence-electron chi connectivity index (χ3n) is 7.85. The van der Waals surface area contributed by atoms with Gasteiger partial charge in [-0.2, -0.15) is 0 Å². The molecule has 2 aromatic carbocycles. The maximum absolute atomic E-state index is 13.7. The molecule has 1 aliphatic heterocycles. The second kappa shape index (κ2) is 13.2. The number of ether oxygens (including phenoxy) is 3. The Balaban J connectivity index is 1.82. The monoisotopic (exact) mass is 615 g/mol. The number of carbonyl (C=O) groups is 2. The van der Waals surface area contributed by atoms with E-state index in [1.54, 1.807) is 19.2 Å². The van der Waals surface area contributed by atoms with E-state index in [-0.39, 0.29) is 40.4 Å². The first-order chi connectivity index (χ1) is 20.4. The van der Waals surface area contributed by atoms with E-state index >= 15 is 0 Å². The van der Waals surface area contributed by atoms with Crippen molar-refractivity contribution in [2.45, 2.75) is 64.6 Å². The van der Waals surface area contributed by atoms with Gasteiger partial charge in [0.15, 0.2) is 21.3 Å². The average molecular weight is 616 g/mol. The summed E-state index contributed by atoms with van der Waals surface area (Å²) in [4.78, 5) is 39.3. The number of anilines is 1. The molecule has 0 saturated carbocycles. The quantitative estimate of drug-likeness (QED) is 0.367. The number of methoxy groups -OCH3 is 3. The second-order valence-electron chi connectivity index (χ2n) is 11.5. The Kier molecular flexibility index (Phi) is 9.89. The number of benzene rings is 1. The molecule has 2 aromatic rings. The summed E-state index contributed by atoms with van der Waals surface area (Å²) in [5, 5.41) is 8.99. The Bertz CT molecular complexity index is 1560. The van der Waals surface area contributed by atoms with Crippen molar-refractivity contribution in [2.24, 2.45) is 5.92 Å². The smallest absolute Gasteiger partial charge is 0.242 e. The fourth-order valence-electron chi connectivity index (χ4n) is 5.93. The Morgan fingerprint density at radius 2 is 1.72 bits per heavy atom. The van der Waals surface area contributed by atoms with Crippen molar-refractivity contribution in [3.63, 3.8) is 0 Å². The molecular weight excluding hydrogens is 574 g/mol. The third kappa shape index (κ3) is 7.23. The zero-order valence-electron chi connectivity index (χ0n) is 25.5. The molecule has 3 unspecified atom stereocenters. The van der Waals surface area contributed by atoms with Crippen molar-refractivity contribution in [3.05, 3.63) is 45.6 Å². The van der Waals surface area contributed by atoms with Crippen LogP contribution in [-0.4, -0.2) is 65.2 Å². The number of hydrogen-bond donors (Lipinski definition) is 3. The van der Waals surface area contributed by atoms with Crippen LogP contribution in [0.4, 0.5) is 5.69 Å². The number of nitrogens with one attached hydrogen (secondary N) is 3. The molecule has 0 aromatic heterocycles. The molecule has 2 amide bonds. The van der Waals surface area contributed by atoms with Crippen molar-refractivity contribution < 1.29 is 32.2 Å². The Morgan fingerprint density at radius 3 is 2.30 bits per heavy atom. The molecule has 1 saturated heterocycles. The first-order valence-corrected chi connectivity index (χ1v) is 16.2. The predicted molar refractivity (Wildman–Crippen MR) is 165 cm³/mol. The van der Waals surface area contributed by atoms with Gasteiger partial charge in [-0.3, -0.25) is 14.4 Å². The Hall–Kier alpha value is -3.80. The summed E-state index contributed by atoms with van der Waals surface area (Å²) in [6.07, 6.45) is 1.88. The number of rotatable bonds is 10. The second-order valence-corrected chi connectivity index (χ2v) is 13.8. The van der Waals surface area contributed by atoms with Crippen LogP contribution in [0.2, 0.25) is 0 Å². The van der Waals surface area contributed by atoms with Gasteiger partial charge in [-0.1, -0.05) is 19.9 Å². The molecule has 0 radical (unpaired) electrons. The first-order valence-electron chi connectivity index (χ1n) is 14.4. The highest BCUT2D eigenvalue weighted by Gasteiger charge is 2.32. The van der Waals surface area contributed by atoms with Gasteiger partial charge in [-0.15, -0.1) is 0 Å². The first kappa shape index (κ1) is 32.1. The van der Waals surface area contributed by atoms with Crippen molar-refractivity contribution in [2.75, 3.05) is 38.2 Å². The van der Waals surface area contributed by atoms with Crippen LogP contribution in [0, 0.1) is 5.92 Å². The summed E-state index contributed by atoms with van der Waals surface area (Å²) in [7, 11) is 1.43. The van der Waals surface area contributed by atoms with Crippen LogP contribution in [0.1, 0.15) is 57.2 Å². The molecule has 4 rings (SSSR count). The molecule has 1 heterocycles. The molecule has 1 fully saturated rings. The van der Waals surface area contributed by atoms with Crippen LogP contribution in [0.5, 0.6) is 17.2 Å². The SMILES string of the molecule is COc1cc2c(c(OC)c1OC)-c1ccc(NC(CC(C)C)C(=O)NC3CCS(=O)(=O)C3)c(=O)cc1C(NC(C)=O)CC2. The maximum Gasteiger partial charge on any atom is 0.242 e. The van der Waals surface area contributed by atoms with Gasteiger partial charge in [0.05, 0.1) is 44.6 Å². The van der Waals surface area contributed by atoms with E-state index in [0.29, 0.717) is 54.1 Å². The summed E-state index contributed by atoms with van der Waals surface area (Å²) in [5.74, 6) is 0.827. The van der Waals surface area contributed by atoms with Crippen LogP contribution >= 0.6 is 0 Å². The van der Waals surface area contributed by atoms with E-state index in [2.05, 4.69) is 16.0 Å². The summed E-state index contributed by atoms with van der Waals surface area (Å²) < 4.78 is 40.9. The Morgan fingerprint density at radius 1 is 1.00 bits per heavy atom. The third-order valence-corrected chi connectivity index (χ3v) is 9.62. The molecule has 2 aliphatic rings.